The number of piperazine rings is 1. The molecule has 1 aromatic rings. The lowest BCUT2D eigenvalue weighted by molar-refractivity contribution is 0.0383. The average Bonchev–Trinajstić information content (AvgIpc) is 2.74. The Balaban J connectivity index is 1.51. The van der Waals surface area contributed by atoms with Gasteiger partial charge in [0.15, 0.2) is 0 Å². The van der Waals surface area contributed by atoms with Gasteiger partial charge in [-0.2, -0.15) is 0 Å². The number of nitrogens with zero attached hydrogens (tertiary/aromatic N) is 4. The van der Waals surface area contributed by atoms with Crippen LogP contribution in [-0.4, -0.2) is 104 Å². The fraction of sp³-hybridized carbons (Fsp3) is 0.632. The van der Waals surface area contributed by atoms with Crippen molar-refractivity contribution in [1.29, 1.82) is 0 Å². The van der Waals surface area contributed by atoms with E-state index in [0.29, 0.717) is 30.9 Å². The first kappa shape index (κ1) is 19.7. The Kier molecular flexibility index (Phi) is 7.14. The van der Waals surface area contributed by atoms with E-state index in [1.807, 2.05) is 4.90 Å². The minimum absolute atomic E-state index is 0.103. The molecular formula is C19H29N5O3. The number of amides is 2. The summed E-state index contributed by atoms with van der Waals surface area (Å²) in [7, 11) is 0. The molecule has 0 radical (unpaired) electrons. The predicted octanol–water partition coefficient (Wildman–Crippen LogP) is -0.0787. The van der Waals surface area contributed by atoms with Gasteiger partial charge >= 0.3 is 0 Å². The van der Waals surface area contributed by atoms with Crippen LogP contribution in [0.15, 0.2) is 18.3 Å². The van der Waals surface area contributed by atoms with E-state index in [-0.39, 0.29) is 11.8 Å². The van der Waals surface area contributed by atoms with E-state index < -0.39 is 0 Å². The molecule has 2 saturated heterocycles. The summed E-state index contributed by atoms with van der Waals surface area (Å²) in [5.41, 5.74) is 0.809. The summed E-state index contributed by atoms with van der Waals surface area (Å²) in [6.45, 7) is 10.9. The van der Waals surface area contributed by atoms with Gasteiger partial charge in [0.25, 0.3) is 11.8 Å². The molecule has 2 aliphatic rings. The van der Waals surface area contributed by atoms with E-state index in [1.54, 1.807) is 12.1 Å². The van der Waals surface area contributed by atoms with Gasteiger partial charge in [-0.3, -0.25) is 19.5 Å². The Hall–Kier alpha value is -2.03. The predicted molar refractivity (Wildman–Crippen MR) is 102 cm³/mol. The van der Waals surface area contributed by atoms with Gasteiger partial charge < -0.3 is 19.9 Å². The van der Waals surface area contributed by atoms with Crippen LogP contribution in [0.1, 0.15) is 27.8 Å². The van der Waals surface area contributed by atoms with Crippen molar-refractivity contribution in [1.82, 2.24) is 25.0 Å². The summed E-state index contributed by atoms with van der Waals surface area (Å²) in [6.07, 6.45) is 1.53. The molecule has 8 nitrogen and oxygen atoms in total. The van der Waals surface area contributed by atoms with E-state index in [0.717, 1.165) is 52.5 Å². The topological polar surface area (TPSA) is 78.0 Å². The smallest absolute Gasteiger partial charge is 0.272 e. The number of rotatable bonds is 6. The summed E-state index contributed by atoms with van der Waals surface area (Å²) >= 11 is 0. The highest BCUT2D eigenvalue weighted by Crippen LogP contribution is 2.09. The monoisotopic (exact) mass is 375 g/mol. The molecule has 1 N–H and O–H groups in total. The van der Waals surface area contributed by atoms with Crippen LogP contribution in [0.2, 0.25) is 0 Å². The van der Waals surface area contributed by atoms with E-state index in [1.165, 1.54) is 6.20 Å². The molecule has 3 heterocycles. The lowest BCUT2D eigenvalue weighted by Gasteiger charge is -2.33. The van der Waals surface area contributed by atoms with Crippen molar-refractivity contribution in [2.45, 2.75) is 6.92 Å². The summed E-state index contributed by atoms with van der Waals surface area (Å²) in [5.74, 6) is -0.274. The van der Waals surface area contributed by atoms with E-state index in [9.17, 15) is 9.59 Å². The van der Waals surface area contributed by atoms with Crippen LogP contribution in [0.5, 0.6) is 0 Å². The molecule has 2 amide bonds. The van der Waals surface area contributed by atoms with Crippen molar-refractivity contribution in [3.05, 3.63) is 29.6 Å². The molecule has 148 valence electrons. The Labute approximate surface area is 160 Å². The summed E-state index contributed by atoms with van der Waals surface area (Å²) in [5, 5.41) is 2.92. The molecule has 1 aromatic heterocycles. The largest absolute Gasteiger partial charge is 0.379 e. The van der Waals surface area contributed by atoms with Gasteiger partial charge in [0.05, 0.1) is 13.2 Å². The molecule has 0 saturated carbocycles. The van der Waals surface area contributed by atoms with Crippen LogP contribution in [-0.2, 0) is 4.74 Å². The van der Waals surface area contributed by atoms with Crippen LogP contribution in [0.25, 0.3) is 0 Å². The van der Waals surface area contributed by atoms with E-state index in [2.05, 4.69) is 27.0 Å². The van der Waals surface area contributed by atoms with Crippen molar-refractivity contribution in [3.8, 4) is 0 Å². The van der Waals surface area contributed by atoms with Crippen LogP contribution >= 0.6 is 0 Å². The molecule has 0 atom stereocenters. The van der Waals surface area contributed by atoms with Crippen molar-refractivity contribution < 1.29 is 14.3 Å². The van der Waals surface area contributed by atoms with Crippen LogP contribution in [0.4, 0.5) is 0 Å². The minimum atomic E-state index is -0.171. The fourth-order valence-corrected chi connectivity index (χ4v) is 3.37. The summed E-state index contributed by atoms with van der Waals surface area (Å²) in [6, 6.07) is 3.24. The maximum Gasteiger partial charge on any atom is 0.272 e. The third kappa shape index (κ3) is 5.47. The van der Waals surface area contributed by atoms with Gasteiger partial charge in [-0.25, -0.2) is 0 Å². The first-order valence-corrected chi connectivity index (χ1v) is 9.73. The molecule has 2 fully saturated rings. The number of ether oxygens (including phenoxy) is 1. The number of morpholine rings is 1. The zero-order valence-corrected chi connectivity index (χ0v) is 16.0. The van der Waals surface area contributed by atoms with Crippen molar-refractivity contribution >= 4 is 11.8 Å². The van der Waals surface area contributed by atoms with E-state index in [4.69, 9.17) is 4.74 Å². The molecular weight excluding hydrogens is 346 g/mol. The van der Waals surface area contributed by atoms with Crippen LogP contribution < -0.4 is 5.32 Å². The third-order valence-corrected chi connectivity index (χ3v) is 5.17. The highest BCUT2D eigenvalue weighted by atomic mass is 16.5. The Bertz CT molecular complexity index is 640. The molecule has 0 unspecified atom stereocenters. The molecule has 2 aliphatic heterocycles. The fourth-order valence-electron chi connectivity index (χ4n) is 3.37. The number of hydrogen-bond acceptors (Lipinski definition) is 6. The average molecular weight is 375 g/mol. The zero-order chi connectivity index (χ0) is 19.1. The Morgan fingerprint density at radius 1 is 1.11 bits per heavy atom. The SMILES string of the molecule is CCN1CCN(C(=O)c2cc(C(=O)NCCN3CCOCC3)ccn2)CC1. The molecule has 0 bridgehead atoms. The first-order valence-electron chi connectivity index (χ1n) is 9.73. The number of carbonyl (C=O) groups is 2. The van der Waals surface area contributed by atoms with Gasteiger partial charge in [-0.05, 0) is 18.7 Å². The van der Waals surface area contributed by atoms with Crippen LogP contribution in [0.3, 0.4) is 0 Å². The highest BCUT2D eigenvalue weighted by Gasteiger charge is 2.23. The molecule has 0 aliphatic carbocycles. The number of likely N-dealkylation sites (N-methyl/N-ethyl adjacent to an activating group) is 1. The number of nitrogens with one attached hydrogen (secondary N) is 1. The van der Waals surface area contributed by atoms with Gasteiger partial charge in [0, 0.05) is 64.1 Å². The second-order valence-corrected chi connectivity index (χ2v) is 6.87. The first-order chi connectivity index (χ1) is 13.2. The van der Waals surface area contributed by atoms with Crippen molar-refractivity contribution in [2.75, 3.05) is 72.1 Å². The van der Waals surface area contributed by atoms with E-state index >= 15 is 0 Å². The maximum atomic E-state index is 12.7. The number of pyridine rings is 1. The van der Waals surface area contributed by atoms with Gasteiger partial charge in [-0.15, -0.1) is 0 Å². The normalized spacial score (nSPS) is 19.1. The number of hydrogen-bond donors (Lipinski definition) is 1. The van der Waals surface area contributed by atoms with Gasteiger partial charge in [0.1, 0.15) is 5.69 Å². The lowest BCUT2D eigenvalue weighted by Crippen LogP contribution is -2.48. The van der Waals surface area contributed by atoms with Gasteiger partial charge in [0.2, 0.25) is 0 Å². The second-order valence-electron chi connectivity index (χ2n) is 6.87. The number of aromatic nitrogens is 1. The second kappa shape index (κ2) is 9.77. The quantitative estimate of drug-likeness (QED) is 0.750. The van der Waals surface area contributed by atoms with Crippen molar-refractivity contribution in [3.63, 3.8) is 0 Å². The molecule has 8 heteroatoms. The Morgan fingerprint density at radius 2 is 1.85 bits per heavy atom. The third-order valence-electron chi connectivity index (χ3n) is 5.17. The Morgan fingerprint density at radius 3 is 2.56 bits per heavy atom. The molecule has 27 heavy (non-hydrogen) atoms. The summed E-state index contributed by atoms with van der Waals surface area (Å²) in [4.78, 5) is 35.7. The van der Waals surface area contributed by atoms with Crippen LogP contribution in [0, 0.1) is 0 Å². The summed E-state index contributed by atoms with van der Waals surface area (Å²) < 4.78 is 5.32. The highest BCUT2D eigenvalue weighted by molar-refractivity contribution is 5.98. The zero-order valence-electron chi connectivity index (χ0n) is 16.0. The minimum Gasteiger partial charge on any atom is -0.379 e. The molecule has 0 aromatic carbocycles. The molecule has 3 rings (SSSR count). The maximum absolute atomic E-state index is 12.7. The van der Waals surface area contributed by atoms with Gasteiger partial charge in [-0.1, -0.05) is 6.92 Å². The number of carbonyl (C=O) groups excluding carboxylic acids is 2. The molecule has 0 spiro atoms. The standard InChI is InChI=1S/C19H29N5O3/c1-2-22-7-9-24(10-8-22)19(26)17-15-16(3-4-20-17)18(25)21-5-6-23-11-13-27-14-12-23/h3-4,15H,2,5-14H2,1H3,(H,21,25). The lowest BCUT2D eigenvalue weighted by atomic mass is 10.2. The van der Waals surface area contributed by atoms with Crippen molar-refractivity contribution in [2.24, 2.45) is 0 Å².